The highest BCUT2D eigenvalue weighted by atomic mass is 32.2. The largest absolute Gasteiger partial charge is 0.338 e. The maximum absolute atomic E-state index is 12.1. The third-order valence-electron chi connectivity index (χ3n) is 3.31. The molecule has 4 rings (SSSR count). The summed E-state index contributed by atoms with van der Waals surface area (Å²) in [5.41, 5.74) is 1.65. The van der Waals surface area contributed by atoms with Gasteiger partial charge in [-0.05, 0) is 18.4 Å². The van der Waals surface area contributed by atoms with E-state index in [0.29, 0.717) is 23.2 Å². The smallest absolute Gasteiger partial charge is 0.258 e. The Kier molecular flexibility index (Phi) is 4.21. The zero-order valence-corrected chi connectivity index (χ0v) is 15.1. The van der Waals surface area contributed by atoms with E-state index in [1.165, 1.54) is 11.3 Å². The predicted molar refractivity (Wildman–Crippen MR) is 96.7 cm³/mol. The lowest BCUT2D eigenvalue weighted by molar-refractivity contribution is 0.392. The lowest BCUT2D eigenvalue weighted by Crippen LogP contribution is -2.14. The molecule has 0 radical (unpaired) electrons. The Bertz CT molecular complexity index is 1030. The van der Waals surface area contributed by atoms with Gasteiger partial charge in [-0.2, -0.15) is 4.98 Å². The molecule has 122 valence electrons. The van der Waals surface area contributed by atoms with Crippen molar-refractivity contribution >= 4 is 39.4 Å². The predicted octanol–water partition coefficient (Wildman–Crippen LogP) is 3.61. The van der Waals surface area contributed by atoms with Crippen LogP contribution in [-0.4, -0.2) is 19.5 Å². The van der Waals surface area contributed by atoms with Gasteiger partial charge in [-0.15, -0.1) is 34.4 Å². The quantitative estimate of drug-likeness (QED) is 0.530. The molecule has 0 unspecified atom stereocenters. The second-order valence-electron chi connectivity index (χ2n) is 5.06. The monoisotopic (exact) mass is 376 g/mol. The Morgan fingerprint density at radius 3 is 3.04 bits per heavy atom. The van der Waals surface area contributed by atoms with Crippen molar-refractivity contribution in [3.8, 4) is 10.7 Å². The number of thiazole rings is 1. The van der Waals surface area contributed by atoms with Crippen LogP contribution in [0.25, 0.3) is 15.7 Å². The maximum atomic E-state index is 12.1. The fourth-order valence-corrected chi connectivity index (χ4v) is 4.53. The van der Waals surface area contributed by atoms with E-state index in [-0.39, 0.29) is 5.56 Å². The molecule has 0 aliphatic rings. The van der Waals surface area contributed by atoms with Gasteiger partial charge in [0.05, 0.1) is 16.3 Å². The van der Waals surface area contributed by atoms with E-state index in [9.17, 15) is 4.79 Å². The highest BCUT2D eigenvalue weighted by Gasteiger charge is 2.10. The van der Waals surface area contributed by atoms with Gasteiger partial charge in [0, 0.05) is 22.9 Å². The van der Waals surface area contributed by atoms with Crippen molar-refractivity contribution in [3.63, 3.8) is 0 Å². The molecule has 0 aliphatic heterocycles. The number of rotatable bonds is 5. The Balaban J connectivity index is 1.43. The highest BCUT2D eigenvalue weighted by Crippen LogP contribution is 2.23. The van der Waals surface area contributed by atoms with Crippen LogP contribution in [0.15, 0.2) is 38.3 Å². The summed E-state index contributed by atoms with van der Waals surface area (Å²) in [6.45, 7) is 1.90. The molecule has 0 aliphatic carbocycles. The van der Waals surface area contributed by atoms with Crippen molar-refractivity contribution in [2.75, 3.05) is 0 Å². The summed E-state index contributed by atoms with van der Waals surface area (Å²) >= 11 is 4.65. The van der Waals surface area contributed by atoms with Crippen molar-refractivity contribution in [3.05, 3.63) is 56.6 Å². The molecular formula is C15H12N4O2S3. The van der Waals surface area contributed by atoms with Gasteiger partial charge in [-0.1, -0.05) is 11.2 Å². The van der Waals surface area contributed by atoms with Gasteiger partial charge in [-0.25, -0.2) is 4.98 Å². The summed E-state index contributed by atoms with van der Waals surface area (Å²) in [4.78, 5) is 22.8. The van der Waals surface area contributed by atoms with Crippen LogP contribution in [0.4, 0.5) is 0 Å². The molecule has 9 heteroatoms. The molecule has 24 heavy (non-hydrogen) atoms. The van der Waals surface area contributed by atoms with Crippen LogP contribution in [-0.2, 0) is 11.5 Å². The molecule has 0 spiro atoms. The van der Waals surface area contributed by atoms with E-state index in [4.69, 9.17) is 4.52 Å². The minimum atomic E-state index is -0.0351. The first kappa shape index (κ1) is 15.6. The second-order valence-corrected chi connectivity index (χ2v) is 7.83. The topological polar surface area (TPSA) is 73.3 Å². The fraction of sp³-hybridized carbons (Fsp3) is 0.200. The summed E-state index contributed by atoms with van der Waals surface area (Å²) in [5.74, 6) is 2.41. The van der Waals surface area contributed by atoms with Crippen molar-refractivity contribution in [2.45, 2.75) is 18.4 Å². The maximum Gasteiger partial charge on any atom is 0.258 e. The average Bonchev–Trinajstić information content (AvgIpc) is 3.28. The standard InChI is InChI=1S/C15H12N4O2S3/c1-9-6-24-15-16-10(5-13(20)19(9)15)7-22-8-12-17-14(18-21-12)11-3-2-4-23-11/h2-6H,7-8H2,1H3. The Hall–Kier alpha value is -1.97. The molecule has 0 aromatic carbocycles. The molecule has 4 aromatic rings. The molecule has 0 N–H and O–H groups in total. The lowest BCUT2D eigenvalue weighted by atomic mass is 10.4. The summed E-state index contributed by atoms with van der Waals surface area (Å²) in [5, 5.41) is 7.90. The number of thiophene rings is 1. The molecule has 0 saturated carbocycles. The average molecular weight is 376 g/mol. The van der Waals surface area contributed by atoms with Crippen molar-refractivity contribution < 1.29 is 4.52 Å². The van der Waals surface area contributed by atoms with E-state index in [0.717, 1.165) is 21.2 Å². The number of fused-ring (bicyclic) bond motifs is 1. The zero-order valence-electron chi connectivity index (χ0n) is 12.6. The van der Waals surface area contributed by atoms with Crippen LogP contribution in [0.1, 0.15) is 17.3 Å². The third-order valence-corrected chi connectivity index (χ3v) is 6.07. The van der Waals surface area contributed by atoms with Crippen molar-refractivity contribution in [2.24, 2.45) is 0 Å². The van der Waals surface area contributed by atoms with Gasteiger partial charge < -0.3 is 4.52 Å². The van der Waals surface area contributed by atoms with Gasteiger partial charge in [-0.3, -0.25) is 9.20 Å². The molecule has 0 atom stereocenters. The van der Waals surface area contributed by atoms with Crippen LogP contribution in [0.3, 0.4) is 0 Å². The lowest BCUT2D eigenvalue weighted by Gasteiger charge is -2.00. The summed E-state index contributed by atoms with van der Waals surface area (Å²) < 4.78 is 6.89. The number of aromatic nitrogens is 4. The van der Waals surface area contributed by atoms with Crippen molar-refractivity contribution in [1.82, 2.24) is 19.5 Å². The first-order valence-electron chi connectivity index (χ1n) is 7.12. The Morgan fingerprint density at radius 2 is 2.21 bits per heavy atom. The van der Waals surface area contributed by atoms with Crippen LogP contribution >= 0.6 is 34.4 Å². The Labute approximate surface area is 149 Å². The van der Waals surface area contributed by atoms with Crippen LogP contribution in [0, 0.1) is 6.92 Å². The molecular weight excluding hydrogens is 364 g/mol. The normalized spacial score (nSPS) is 11.4. The third kappa shape index (κ3) is 3.02. The first-order valence-corrected chi connectivity index (χ1v) is 10.0. The van der Waals surface area contributed by atoms with Gasteiger partial charge in [0.15, 0.2) is 4.96 Å². The van der Waals surface area contributed by atoms with E-state index >= 15 is 0 Å². The molecule has 0 fully saturated rings. The molecule has 4 aromatic heterocycles. The van der Waals surface area contributed by atoms with Gasteiger partial charge >= 0.3 is 0 Å². The molecule has 6 nitrogen and oxygen atoms in total. The number of thioether (sulfide) groups is 1. The second kappa shape index (κ2) is 6.50. The molecule has 0 amide bonds. The summed E-state index contributed by atoms with van der Waals surface area (Å²) in [6.07, 6.45) is 0. The Morgan fingerprint density at radius 1 is 1.29 bits per heavy atom. The van der Waals surface area contributed by atoms with Crippen LogP contribution in [0.5, 0.6) is 0 Å². The number of aryl methyl sites for hydroxylation is 1. The molecule has 0 bridgehead atoms. The van der Waals surface area contributed by atoms with Gasteiger partial charge in [0.2, 0.25) is 11.7 Å². The molecule has 4 heterocycles. The first-order chi connectivity index (χ1) is 11.7. The minimum absolute atomic E-state index is 0.0351. The van der Waals surface area contributed by atoms with E-state index in [1.807, 2.05) is 29.8 Å². The van der Waals surface area contributed by atoms with Crippen molar-refractivity contribution in [1.29, 1.82) is 0 Å². The van der Waals surface area contributed by atoms with E-state index < -0.39 is 0 Å². The fourth-order valence-electron chi connectivity index (χ4n) is 2.24. The van der Waals surface area contributed by atoms with Crippen LogP contribution in [0.2, 0.25) is 0 Å². The zero-order chi connectivity index (χ0) is 16.5. The molecule has 0 saturated heterocycles. The highest BCUT2D eigenvalue weighted by molar-refractivity contribution is 7.97. The van der Waals surface area contributed by atoms with E-state index in [2.05, 4.69) is 15.1 Å². The van der Waals surface area contributed by atoms with Gasteiger partial charge in [0.1, 0.15) is 0 Å². The minimum Gasteiger partial charge on any atom is -0.338 e. The number of hydrogen-bond donors (Lipinski definition) is 0. The van der Waals surface area contributed by atoms with Gasteiger partial charge in [0.25, 0.3) is 5.56 Å². The number of hydrogen-bond acceptors (Lipinski definition) is 8. The van der Waals surface area contributed by atoms with Crippen LogP contribution < -0.4 is 5.56 Å². The summed E-state index contributed by atoms with van der Waals surface area (Å²) in [7, 11) is 0. The van der Waals surface area contributed by atoms with E-state index in [1.54, 1.807) is 33.6 Å². The number of nitrogens with zero attached hydrogens (tertiary/aromatic N) is 4. The summed E-state index contributed by atoms with van der Waals surface area (Å²) in [6, 6.07) is 5.50. The SMILES string of the molecule is Cc1csc2nc(CSCc3nc(-c4cccs4)no3)cc(=O)n12.